The fraction of sp³-hybridized carbons (Fsp3) is 0.308. The number of carbonyl (C=O) groups excluding carboxylic acids is 3. The lowest BCUT2D eigenvalue weighted by atomic mass is 10.0. The molecule has 2 heterocycles. The highest BCUT2D eigenvalue weighted by Crippen LogP contribution is 2.30. The normalized spacial score (nSPS) is 20.2. The van der Waals surface area contributed by atoms with E-state index in [0.717, 1.165) is 5.56 Å². The molecule has 5 N–H and O–H groups in total. The van der Waals surface area contributed by atoms with E-state index in [2.05, 4.69) is 5.32 Å². The van der Waals surface area contributed by atoms with E-state index in [4.69, 9.17) is 25.0 Å². The molecule has 0 aromatic heterocycles. The van der Waals surface area contributed by atoms with Crippen molar-refractivity contribution in [2.24, 2.45) is 0 Å². The Labute approximate surface area is 136 Å². The second-order valence-corrected chi connectivity index (χ2v) is 6.25. The maximum Gasteiger partial charge on any atom is 0.262 e. The van der Waals surface area contributed by atoms with E-state index >= 15 is 0 Å². The number of amides is 3. The monoisotopic (exact) mass is 356 g/mol. The van der Waals surface area contributed by atoms with Gasteiger partial charge in [-0.15, -0.1) is 0 Å². The van der Waals surface area contributed by atoms with E-state index in [1.165, 1.54) is 4.90 Å². The van der Waals surface area contributed by atoms with E-state index in [1.54, 1.807) is 18.2 Å². The van der Waals surface area contributed by atoms with E-state index < -0.39 is 19.8 Å². The fourth-order valence-corrected chi connectivity index (χ4v) is 2.61. The SMILES string of the molecule is Nc1cccc2c1CN(C1CCC(=O)NC1=O)C2=O.O=P([O-])(O)O. The van der Waals surface area contributed by atoms with Crippen LogP contribution in [0.2, 0.25) is 0 Å². The van der Waals surface area contributed by atoms with Crippen molar-refractivity contribution in [1.82, 2.24) is 10.2 Å². The Morgan fingerprint density at radius 1 is 1.29 bits per heavy atom. The van der Waals surface area contributed by atoms with Crippen molar-refractivity contribution >= 4 is 31.2 Å². The minimum absolute atomic E-state index is 0.197. The summed E-state index contributed by atoms with van der Waals surface area (Å²) in [5.41, 5.74) is 7.71. The summed E-state index contributed by atoms with van der Waals surface area (Å²) in [6.07, 6.45) is 0.621. The maximum atomic E-state index is 12.3. The molecule has 1 fully saturated rings. The number of anilines is 1. The summed E-state index contributed by atoms with van der Waals surface area (Å²) in [7, 11) is -4.89. The zero-order valence-electron chi connectivity index (χ0n) is 12.3. The minimum atomic E-state index is -4.89. The molecule has 2 aliphatic heterocycles. The quantitative estimate of drug-likeness (QED) is 0.266. The Balaban J connectivity index is 0.000000368. The molecule has 0 radical (unpaired) electrons. The fourth-order valence-electron chi connectivity index (χ4n) is 2.61. The Kier molecular flexibility index (Phi) is 5.05. The Morgan fingerprint density at radius 2 is 1.92 bits per heavy atom. The van der Waals surface area contributed by atoms with E-state index in [9.17, 15) is 14.4 Å². The maximum absolute atomic E-state index is 12.3. The summed E-state index contributed by atoms with van der Waals surface area (Å²) in [5, 5.41) is 2.27. The number of piperidine rings is 1. The number of nitrogens with two attached hydrogens (primary N) is 1. The highest BCUT2D eigenvalue weighted by Gasteiger charge is 2.39. The van der Waals surface area contributed by atoms with Gasteiger partial charge < -0.3 is 25.3 Å². The first kappa shape index (κ1) is 18.1. The van der Waals surface area contributed by atoms with Gasteiger partial charge in [-0.25, -0.2) is 0 Å². The van der Waals surface area contributed by atoms with Gasteiger partial charge in [0, 0.05) is 29.8 Å². The lowest BCUT2D eigenvalue weighted by Gasteiger charge is -2.29. The van der Waals surface area contributed by atoms with Crippen LogP contribution in [0.5, 0.6) is 0 Å². The number of fused-ring (bicyclic) bond motifs is 1. The first-order valence-corrected chi connectivity index (χ1v) is 8.39. The van der Waals surface area contributed by atoms with Crippen LogP contribution in [0.1, 0.15) is 28.8 Å². The van der Waals surface area contributed by atoms with Gasteiger partial charge >= 0.3 is 0 Å². The summed E-state index contributed by atoms with van der Waals surface area (Å²) < 4.78 is 8.77. The third-order valence-electron chi connectivity index (χ3n) is 3.62. The van der Waals surface area contributed by atoms with Gasteiger partial charge in [0.05, 0.1) is 0 Å². The lowest BCUT2D eigenvalue weighted by molar-refractivity contribution is -0.214. The molecule has 130 valence electrons. The van der Waals surface area contributed by atoms with Crippen molar-refractivity contribution in [3.05, 3.63) is 29.3 Å². The predicted molar refractivity (Wildman–Crippen MR) is 78.9 cm³/mol. The van der Waals surface area contributed by atoms with Crippen LogP contribution in [0.15, 0.2) is 18.2 Å². The second-order valence-electron chi connectivity index (χ2n) is 5.26. The zero-order valence-corrected chi connectivity index (χ0v) is 13.2. The molecule has 2 aliphatic rings. The van der Waals surface area contributed by atoms with Gasteiger partial charge in [0.1, 0.15) is 6.04 Å². The molecule has 11 heteroatoms. The average molecular weight is 356 g/mol. The number of hydrogen-bond donors (Lipinski definition) is 4. The topological polar surface area (TPSA) is 173 Å². The summed E-state index contributed by atoms with van der Waals surface area (Å²) in [6.45, 7) is 0.327. The Bertz CT molecular complexity index is 737. The number of nitrogens with one attached hydrogen (secondary N) is 1. The van der Waals surface area contributed by atoms with Crippen molar-refractivity contribution < 1.29 is 33.6 Å². The number of phosphoric acid groups is 1. The smallest absolute Gasteiger partial charge is 0.262 e. The van der Waals surface area contributed by atoms with Gasteiger partial charge in [-0.05, 0) is 18.6 Å². The van der Waals surface area contributed by atoms with Crippen molar-refractivity contribution in [3.63, 3.8) is 0 Å². The van der Waals surface area contributed by atoms with Crippen molar-refractivity contribution in [1.29, 1.82) is 0 Å². The average Bonchev–Trinajstić information content (AvgIpc) is 2.76. The summed E-state index contributed by atoms with van der Waals surface area (Å²) in [4.78, 5) is 59.6. The van der Waals surface area contributed by atoms with Crippen LogP contribution in [0.3, 0.4) is 0 Å². The molecule has 1 aromatic rings. The Morgan fingerprint density at radius 3 is 2.46 bits per heavy atom. The van der Waals surface area contributed by atoms with Crippen LogP contribution in [0.4, 0.5) is 5.69 Å². The number of nitrogens with zero attached hydrogens (tertiary/aromatic N) is 1. The molecule has 10 nitrogen and oxygen atoms in total. The molecule has 3 amide bonds. The molecule has 0 aliphatic carbocycles. The van der Waals surface area contributed by atoms with Crippen LogP contribution in [-0.4, -0.2) is 38.5 Å². The van der Waals surface area contributed by atoms with Gasteiger partial charge in [0.15, 0.2) is 0 Å². The molecular weight excluding hydrogens is 341 g/mol. The summed E-state index contributed by atoms with van der Waals surface area (Å²) in [6, 6.07) is 4.58. The minimum Gasteiger partial charge on any atom is -0.756 e. The molecule has 24 heavy (non-hydrogen) atoms. The molecule has 0 saturated carbocycles. The summed E-state index contributed by atoms with van der Waals surface area (Å²) >= 11 is 0. The molecule has 3 rings (SSSR count). The predicted octanol–water partition coefficient (Wildman–Crippen LogP) is -1.53. The molecule has 0 bridgehead atoms. The van der Waals surface area contributed by atoms with E-state index in [0.29, 0.717) is 24.2 Å². The zero-order chi connectivity index (χ0) is 18.1. The summed E-state index contributed by atoms with van der Waals surface area (Å²) in [5.74, 6) is -0.891. The standard InChI is InChI=1S/C13H13N3O3.H3O4P/c14-9-3-1-2-7-8(9)6-16(13(7)19)10-4-5-11(17)15-12(10)18;1-5(2,3)4/h1-3,10H,4-6,14H2,(H,15,17,18);(H3,1,2,3,4)/p-1. The van der Waals surface area contributed by atoms with Gasteiger partial charge in [-0.3, -0.25) is 24.3 Å². The van der Waals surface area contributed by atoms with Gasteiger partial charge in [0.2, 0.25) is 11.8 Å². The highest BCUT2D eigenvalue weighted by molar-refractivity contribution is 7.43. The molecular formula is C13H15N3O7P-. The van der Waals surface area contributed by atoms with Crippen LogP contribution in [0.25, 0.3) is 0 Å². The van der Waals surface area contributed by atoms with Crippen molar-refractivity contribution in [3.8, 4) is 0 Å². The van der Waals surface area contributed by atoms with E-state index in [1.807, 2.05) is 0 Å². The second kappa shape index (κ2) is 6.70. The third-order valence-corrected chi connectivity index (χ3v) is 3.62. The molecule has 1 atom stereocenters. The van der Waals surface area contributed by atoms with E-state index in [-0.39, 0.29) is 18.2 Å². The number of carbonyl (C=O) groups is 3. The highest BCUT2D eigenvalue weighted by atomic mass is 31.2. The Hall–Kier alpha value is -2.26. The molecule has 1 unspecified atom stereocenters. The van der Waals surface area contributed by atoms with Gasteiger partial charge in [-0.1, -0.05) is 6.07 Å². The third kappa shape index (κ3) is 4.18. The molecule has 1 aromatic carbocycles. The largest absolute Gasteiger partial charge is 0.756 e. The van der Waals surface area contributed by atoms with Crippen LogP contribution in [0, 0.1) is 0 Å². The number of rotatable bonds is 1. The van der Waals surface area contributed by atoms with Crippen LogP contribution in [-0.2, 0) is 20.7 Å². The van der Waals surface area contributed by atoms with Crippen molar-refractivity contribution in [2.75, 3.05) is 5.73 Å². The first-order valence-electron chi connectivity index (χ1n) is 6.86. The molecule has 0 spiro atoms. The van der Waals surface area contributed by atoms with Crippen molar-refractivity contribution in [2.45, 2.75) is 25.4 Å². The number of hydrogen-bond acceptors (Lipinski definition) is 6. The number of imide groups is 1. The van der Waals surface area contributed by atoms with Gasteiger partial charge in [-0.2, -0.15) is 0 Å². The number of nitrogen functional groups attached to an aromatic ring is 1. The van der Waals surface area contributed by atoms with Gasteiger partial charge in [0.25, 0.3) is 13.7 Å². The van der Waals surface area contributed by atoms with Crippen LogP contribution >= 0.6 is 7.82 Å². The molecule has 1 saturated heterocycles. The van der Waals surface area contributed by atoms with Crippen LogP contribution < -0.4 is 15.9 Å². The number of benzene rings is 1. The first-order chi connectivity index (χ1) is 11.1. The lowest BCUT2D eigenvalue weighted by Crippen LogP contribution is -2.52.